The Balaban J connectivity index is 2.05. The summed E-state index contributed by atoms with van der Waals surface area (Å²) >= 11 is 1.61. The fraction of sp³-hybridized carbons (Fsp3) is 0.286. The molecular formula is C14H16N2O3S. The fourth-order valence-corrected chi connectivity index (χ4v) is 2.58. The molecule has 0 fully saturated rings. The van der Waals surface area contributed by atoms with Crippen molar-refractivity contribution in [2.75, 3.05) is 19.0 Å². The van der Waals surface area contributed by atoms with Gasteiger partial charge >= 0.3 is 5.97 Å². The number of carbonyl (C=O) groups is 1. The van der Waals surface area contributed by atoms with Crippen molar-refractivity contribution in [3.8, 4) is 5.75 Å². The number of benzene rings is 1. The van der Waals surface area contributed by atoms with Crippen LogP contribution in [0.1, 0.15) is 21.1 Å². The minimum atomic E-state index is -0.958. The first-order valence-electron chi connectivity index (χ1n) is 6.16. The predicted octanol–water partition coefficient (Wildman–Crippen LogP) is 2.81. The third kappa shape index (κ3) is 3.48. The lowest BCUT2D eigenvalue weighted by Gasteiger charge is -2.10. The molecule has 0 saturated heterocycles. The molecule has 6 heteroatoms. The third-order valence-electron chi connectivity index (χ3n) is 2.78. The van der Waals surface area contributed by atoms with E-state index in [9.17, 15) is 4.79 Å². The highest BCUT2D eigenvalue weighted by Gasteiger charge is 2.11. The van der Waals surface area contributed by atoms with Crippen molar-refractivity contribution in [3.05, 3.63) is 39.8 Å². The summed E-state index contributed by atoms with van der Waals surface area (Å²) in [6.07, 6.45) is 0.759. The molecule has 1 aromatic carbocycles. The molecule has 2 rings (SSSR count). The number of rotatable bonds is 6. The molecule has 106 valence electrons. The van der Waals surface area contributed by atoms with Crippen molar-refractivity contribution < 1.29 is 14.6 Å². The number of aromatic carboxylic acids is 1. The molecule has 0 saturated carbocycles. The summed E-state index contributed by atoms with van der Waals surface area (Å²) in [6, 6.07) is 4.87. The Morgan fingerprint density at radius 2 is 2.30 bits per heavy atom. The Labute approximate surface area is 121 Å². The van der Waals surface area contributed by atoms with E-state index in [4.69, 9.17) is 9.84 Å². The molecular weight excluding hydrogens is 276 g/mol. The maximum Gasteiger partial charge on any atom is 0.337 e. The van der Waals surface area contributed by atoms with Gasteiger partial charge in [0.1, 0.15) is 5.75 Å². The number of methoxy groups -OCH3 is 1. The van der Waals surface area contributed by atoms with Crippen molar-refractivity contribution in [1.82, 2.24) is 4.98 Å². The highest BCUT2D eigenvalue weighted by Crippen LogP contribution is 2.22. The van der Waals surface area contributed by atoms with Crippen LogP contribution in [-0.2, 0) is 6.42 Å². The van der Waals surface area contributed by atoms with E-state index in [2.05, 4.69) is 10.3 Å². The van der Waals surface area contributed by atoms with Gasteiger partial charge in [-0.05, 0) is 19.1 Å². The molecule has 0 amide bonds. The molecule has 20 heavy (non-hydrogen) atoms. The molecule has 0 spiro atoms. The number of hydrogen-bond acceptors (Lipinski definition) is 5. The number of ether oxygens (including phenoxy) is 1. The van der Waals surface area contributed by atoms with Gasteiger partial charge in [0.2, 0.25) is 0 Å². The Kier molecular flexibility index (Phi) is 4.57. The summed E-state index contributed by atoms with van der Waals surface area (Å²) < 4.78 is 5.11. The largest absolute Gasteiger partial charge is 0.497 e. The first kappa shape index (κ1) is 14.3. The van der Waals surface area contributed by atoms with Crippen molar-refractivity contribution in [2.24, 2.45) is 0 Å². The van der Waals surface area contributed by atoms with Crippen molar-refractivity contribution in [1.29, 1.82) is 0 Å². The van der Waals surface area contributed by atoms with Gasteiger partial charge < -0.3 is 15.2 Å². The van der Waals surface area contributed by atoms with Crippen LogP contribution < -0.4 is 10.1 Å². The highest BCUT2D eigenvalue weighted by molar-refractivity contribution is 7.09. The number of aryl methyl sites for hydroxylation is 1. The van der Waals surface area contributed by atoms with Gasteiger partial charge in [0.25, 0.3) is 0 Å². The van der Waals surface area contributed by atoms with Crippen LogP contribution in [0.15, 0.2) is 23.6 Å². The van der Waals surface area contributed by atoms with Crippen LogP contribution in [0.3, 0.4) is 0 Å². The monoisotopic (exact) mass is 292 g/mol. The first-order chi connectivity index (χ1) is 9.60. The molecule has 0 unspecified atom stereocenters. The predicted molar refractivity (Wildman–Crippen MR) is 79.0 cm³/mol. The summed E-state index contributed by atoms with van der Waals surface area (Å²) in [5, 5.41) is 15.3. The molecule has 0 radical (unpaired) electrons. The molecule has 5 nitrogen and oxygen atoms in total. The van der Waals surface area contributed by atoms with Crippen molar-refractivity contribution in [2.45, 2.75) is 13.3 Å². The molecule has 2 N–H and O–H groups in total. The summed E-state index contributed by atoms with van der Waals surface area (Å²) in [7, 11) is 1.55. The standard InChI is InChI=1S/C14H16N2O3S/c1-9-8-20-13(16-9)5-6-15-12-7-10(19-2)3-4-11(12)14(17)18/h3-4,7-8,15H,5-6H2,1-2H3,(H,17,18). The molecule has 0 atom stereocenters. The van der Waals surface area contributed by atoms with E-state index in [1.54, 1.807) is 30.6 Å². The van der Waals surface area contributed by atoms with Gasteiger partial charge in [-0.2, -0.15) is 0 Å². The van der Waals surface area contributed by atoms with Crippen LogP contribution in [0.2, 0.25) is 0 Å². The van der Waals surface area contributed by atoms with Crippen LogP contribution in [0.25, 0.3) is 0 Å². The average molecular weight is 292 g/mol. The van der Waals surface area contributed by atoms with Gasteiger partial charge in [-0.15, -0.1) is 11.3 Å². The zero-order valence-electron chi connectivity index (χ0n) is 11.3. The van der Waals surface area contributed by atoms with Crippen LogP contribution in [0.4, 0.5) is 5.69 Å². The van der Waals surface area contributed by atoms with Gasteiger partial charge in [0.15, 0.2) is 0 Å². The van der Waals surface area contributed by atoms with E-state index in [0.717, 1.165) is 17.1 Å². The number of thiazole rings is 1. The van der Waals surface area contributed by atoms with Gasteiger partial charge in [-0.3, -0.25) is 0 Å². The lowest BCUT2D eigenvalue weighted by molar-refractivity contribution is 0.0698. The van der Waals surface area contributed by atoms with Crippen LogP contribution >= 0.6 is 11.3 Å². The van der Waals surface area contributed by atoms with Crippen molar-refractivity contribution in [3.63, 3.8) is 0 Å². The zero-order valence-corrected chi connectivity index (χ0v) is 12.2. The van der Waals surface area contributed by atoms with E-state index in [1.807, 2.05) is 12.3 Å². The average Bonchev–Trinajstić information content (AvgIpc) is 2.84. The van der Waals surface area contributed by atoms with E-state index in [0.29, 0.717) is 18.0 Å². The van der Waals surface area contributed by atoms with E-state index in [1.165, 1.54) is 6.07 Å². The van der Waals surface area contributed by atoms with Gasteiger partial charge in [0.05, 0.1) is 23.4 Å². The second-order valence-electron chi connectivity index (χ2n) is 4.28. The number of nitrogens with zero attached hydrogens (tertiary/aromatic N) is 1. The molecule has 0 aliphatic rings. The van der Waals surface area contributed by atoms with Gasteiger partial charge in [-0.25, -0.2) is 9.78 Å². The number of carboxylic acids is 1. The maximum absolute atomic E-state index is 11.2. The lowest BCUT2D eigenvalue weighted by atomic mass is 10.1. The van der Waals surface area contributed by atoms with Crippen LogP contribution in [0, 0.1) is 6.92 Å². The Morgan fingerprint density at radius 3 is 2.90 bits per heavy atom. The second-order valence-corrected chi connectivity index (χ2v) is 5.22. The minimum absolute atomic E-state index is 0.237. The van der Waals surface area contributed by atoms with E-state index < -0.39 is 5.97 Å². The van der Waals surface area contributed by atoms with Gasteiger partial charge in [0, 0.05) is 30.1 Å². The highest BCUT2D eigenvalue weighted by atomic mass is 32.1. The van der Waals surface area contributed by atoms with E-state index >= 15 is 0 Å². The Morgan fingerprint density at radius 1 is 1.50 bits per heavy atom. The zero-order chi connectivity index (χ0) is 14.5. The van der Waals surface area contributed by atoms with Crippen LogP contribution in [-0.4, -0.2) is 29.7 Å². The Hall–Kier alpha value is -2.08. The molecule has 0 bridgehead atoms. The number of nitrogens with one attached hydrogen (secondary N) is 1. The summed E-state index contributed by atoms with van der Waals surface area (Å²) in [5.74, 6) is -0.331. The lowest BCUT2D eigenvalue weighted by Crippen LogP contribution is -2.09. The summed E-state index contributed by atoms with van der Waals surface area (Å²) in [5.41, 5.74) is 1.81. The molecule has 0 aliphatic carbocycles. The number of aromatic nitrogens is 1. The van der Waals surface area contributed by atoms with E-state index in [-0.39, 0.29) is 5.56 Å². The SMILES string of the molecule is COc1ccc(C(=O)O)c(NCCc2nc(C)cs2)c1. The normalized spacial score (nSPS) is 10.3. The van der Waals surface area contributed by atoms with Crippen molar-refractivity contribution >= 4 is 23.0 Å². The molecule has 1 heterocycles. The fourth-order valence-electron chi connectivity index (χ4n) is 1.80. The minimum Gasteiger partial charge on any atom is -0.497 e. The smallest absolute Gasteiger partial charge is 0.337 e. The molecule has 2 aromatic rings. The summed E-state index contributed by atoms with van der Waals surface area (Å²) in [4.78, 5) is 15.5. The molecule has 0 aliphatic heterocycles. The first-order valence-corrected chi connectivity index (χ1v) is 7.04. The Bertz CT molecular complexity index is 610. The van der Waals surface area contributed by atoms with Crippen LogP contribution in [0.5, 0.6) is 5.75 Å². The maximum atomic E-state index is 11.2. The third-order valence-corrected chi connectivity index (χ3v) is 3.80. The quantitative estimate of drug-likeness (QED) is 0.856. The topological polar surface area (TPSA) is 71.5 Å². The second kappa shape index (κ2) is 6.38. The summed E-state index contributed by atoms with van der Waals surface area (Å²) in [6.45, 7) is 2.58. The molecule has 1 aromatic heterocycles. The number of carboxylic acid groups (broad SMARTS) is 1. The number of hydrogen-bond donors (Lipinski definition) is 2. The van der Waals surface area contributed by atoms with Gasteiger partial charge in [-0.1, -0.05) is 0 Å². The number of anilines is 1.